The van der Waals surface area contributed by atoms with Crippen LogP contribution in [0.15, 0.2) is 54.6 Å². The first kappa shape index (κ1) is 17.5. The fraction of sp³-hybridized carbons (Fsp3) is 0.381. The number of carbonyl (C=O) groups is 1. The number of nitrogens with one attached hydrogen (secondary N) is 1. The Balaban J connectivity index is 1.87. The van der Waals surface area contributed by atoms with Crippen molar-refractivity contribution in [2.24, 2.45) is 0 Å². The van der Waals surface area contributed by atoms with Gasteiger partial charge in [0, 0.05) is 31.1 Å². The van der Waals surface area contributed by atoms with Gasteiger partial charge in [-0.1, -0.05) is 68.4 Å². The molecule has 2 N–H and O–H groups in total. The largest absolute Gasteiger partial charge is 0.465 e. The zero-order valence-electron chi connectivity index (χ0n) is 14.9. The van der Waals surface area contributed by atoms with Crippen molar-refractivity contribution < 1.29 is 9.90 Å². The quantitative estimate of drug-likeness (QED) is 0.879. The Labute approximate surface area is 149 Å². The van der Waals surface area contributed by atoms with Gasteiger partial charge in [-0.15, -0.1) is 0 Å². The molecule has 1 aliphatic heterocycles. The predicted octanol–water partition coefficient (Wildman–Crippen LogP) is 4.19. The molecule has 1 saturated heterocycles. The number of hydrogen-bond acceptors (Lipinski definition) is 2. The van der Waals surface area contributed by atoms with Crippen molar-refractivity contribution in [3.63, 3.8) is 0 Å². The second-order valence-corrected chi connectivity index (χ2v) is 7.04. The average Bonchev–Trinajstić information content (AvgIpc) is 2.62. The zero-order valence-corrected chi connectivity index (χ0v) is 14.9. The molecule has 4 nitrogen and oxygen atoms in total. The van der Waals surface area contributed by atoms with Gasteiger partial charge in [0.15, 0.2) is 0 Å². The van der Waals surface area contributed by atoms with Gasteiger partial charge in [0.1, 0.15) is 0 Å². The Morgan fingerprint density at radius 2 is 1.84 bits per heavy atom. The van der Waals surface area contributed by atoms with Crippen molar-refractivity contribution in [2.45, 2.75) is 38.3 Å². The summed E-state index contributed by atoms with van der Waals surface area (Å²) in [6.07, 6.45) is 0.0154. The van der Waals surface area contributed by atoms with E-state index in [1.54, 1.807) is 0 Å². The van der Waals surface area contributed by atoms with E-state index >= 15 is 0 Å². The van der Waals surface area contributed by atoms with Gasteiger partial charge in [-0.3, -0.25) is 0 Å². The standard InChI is InChI=1S/C21H26N2O2/c1-15(2)22-20-14-23(21(24)25)12-11-19(20)18-10-6-9-17(13-18)16-7-4-3-5-8-16/h3-10,13,15,19-20,22H,11-12,14H2,1-2H3,(H,24,25)/t19-,20+/m1/s1. The second kappa shape index (κ2) is 7.70. The number of piperidine rings is 1. The van der Waals surface area contributed by atoms with Gasteiger partial charge in [-0.25, -0.2) is 4.79 Å². The minimum absolute atomic E-state index is 0.135. The molecule has 2 aromatic carbocycles. The molecule has 0 unspecified atom stereocenters. The Kier molecular flexibility index (Phi) is 5.39. The summed E-state index contributed by atoms with van der Waals surface area (Å²) in [6.45, 7) is 5.34. The third kappa shape index (κ3) is 4.20. The van der Waals surface area contributed by atoms with E-state index in [-0.39, 0.29) is 6.04 Å². The summed E-state index contributed by atoms with van der Waals surface area (Å²) in [6, 6.07) is 19.5. The fourth-order valence-corrected chi connectivity index (χ4v) is 3.70. The highest BCUT2D eigenvalue weighted by Crippen LogP contribution is 2.31. The SMILES string of the molecule is CC(C)N[C@H]1CN(C(=O)O)CC[C@@H]1c1cccc(-c2ccccc2)c1. The van der Waals surface area contributed by atoms with Crippen LogP contribution in [-0.4, -0.2) is 41.3 Å². The van der Waals surface area contributed by atoms with Crippen LogP contribution in [-0.2, 0) is 0 Å². The number of nitrogens with zero attached hydrogens (tertiary/aromatic N) is 1. The van der Waals surface area contributed by atoms with Crippen molar-refractivity contribution in [2.75, 3.05) is 13.1 Å². The van der Waals surface area contributed by atoms with Crippen molar-refractivity contribution in [1.82, 2.24) is 10.2 Å². The summed E-state index contributed by atoms with van der Waals surface area (Å²) in [5, 5.41) is 12.9. The highest BCUT2D eigenvalue weighted by Gasteiger charge is 2.32. The topological polar surface area (TPSA) is 52.6 Å². The fourth-order valence-electron chi connectivity index (χ4n) is 3.70. The van der Waals surface area contributed by atoms with Crippen LogP contribution >= 0.6 is 0 Å². The van der Waals surface area contributed by atoms with Crippen LogP contribution in [0.5, 0.6) is 0 Å². The molecule has 4 heteroatoms. The van der Waals surface area contributed by atoms with E-state index in [1.807, 2.05) is 6.07 Å². The molecule has 0 saturated carbocycles. The molecule has 0 radical (unpaired) electrons. The summed E-state index contributed by atoms with van der Waals surface area (Å²) in [7, 11) is 0. The van der Waals surface area contributed by atoms with Crippen LogP contribution in [0.25, 0.3) is 11.1 Å². The number of amides is 1. The molecule has 1 fully saturated rings. The van der Waals surface area contributed by atoms with Gasteiger partial charge in [-0.2, -0.15) is 0 Å². The van der Waals surface area contributed by atoms with Crippen LogP contribution < -0.4 is 5.32 Å². The van der Waals surface area contributed by atoms with E-state index in [2.05, 4.69) is 67.7 Å². The molecule has 2 aromatic rings. The molecule has 1 amide bonds. The van der Waals surface area contributed by atoms with Crippen LogP contribution in [0.4, 0.5) is 4.79 Å². The average molecular weight is 338 g/mol. The van der Waals surface area contributed by atoms with E-state index in [1.165, 1.54) is 21.6 Å². The number of carboxylic acid groups (broad SMARTS) is 1. The van der Waals surface area contributed by atoms with E-state index in [9.17, 15) is 9.90 Å². The predicted molar refractivity (Wildman–Crippen MR) is 101 cm³/mol. The van der Waals surface area contributed by atoms with Gasteiger partial charge in [0.05, 0.1) is 0 Å². The monoisotopic (exact) mass is 338 g/mol. The van der Waals surface area contributed by atoms with Crippen LogP contribution in [0.2, 0.25) is 0 Å². The summed E-state index contributed by atoms with van der Waals surface area (Å²) in [5.74, 6) is 0.321. The van der Waals surface area contributed by atoms with Crippen LogP contribution in [0, 0.1) is 0 Å². The lowest BCUT2D eigenvalue weighted by atomic mass is 9.84. The van der Waals surface area contributed by atoms with Gasteiger partial charge in [0.2, 0.25) is 0 Å². The molecular weight excluding hydrogens is 312 g/mol. The smallest absolute Gasteiger partial charge is 0.407 e. The maximum Gasteiger partial charge on any atom is 0.407 e. The lowest BCUT2D eigenvalue weighted by Crippen LogP contribution is -2.53. The van der Waals surface area contributed by atoms with Gasteiger partial charge >= 0.3 is 6.09 Å². The number of likely N-dealkylation sites (tertiary alicyclic amines) is 1. The third-order valence-electron chi connectivity index (χ3n) is 4.85. The molecule has 0 aromatic heterocycles. The molecule has 132 valence electrons. The number of hydrogen-bond donors (Lipinski definition) is 2. The van der Waals surface area contributed by atoms with Crippen LogP contribution in [0.3, 0.4) is 0 Å². The van der Waals surface area contributed by atoms with Crippen LogP contribution in [0.1, 0.15) is 31.7 Å². The molecule has 1 aliphatic rings. The molecule has 0 aliphatic carbocycles. The van der Waals surface area contributed by atoms with Gasteiger partial charge in [-0.05, 0) is 23.1 Å². The minimum atomic E-state index is -0.827. The molecule has 2 atom stereocenters. The van der Waals surface area contributed by atoms with E-state index in [0.29, 0.717) is 25.0 Å². The Hall–Kier alpha value is -2.33. The maximum atomic E-state index is 11.4. The van der Waals surface area contributed by atoms with E-state index in [4.69, 9.17) is 0 Å². The molecule has 25 heavy (non-hydrogen) atoms. The molecular formula is C21H26N2O2. The summed E-state index contributed by atoms with van der Waals surface area (Å²) in [4.78, 5) is 12.9. The first-order valence-corrected chi connectivity index (χ1v) is 8.94. The van der Waals surface area contributed by atoms with Gasteiger partial charge < -0.3 is 15.3 Å². The lowest BCUT2D eigenvalue weighted by Gasteiger charge is -2.39. The Morgan fingerprint density at radius 3 is 2.52 bits per heavy atom. The first-order valence-electron chi connectivity index (χ1n) is 8.94. The van der Waals surface area contributed by atoms with Crippen molar-refractivity contribution in [1.29, 1.82) is 0 Å². The summed E-state index contributed by atoms with van der Waals surface area (Å²) in [5.41, 5.74) is 3.70. The molecule has 0 spiro atoms. The Morgan fingerprint density at radius 1 is 1.12 bits per heavy atom. The highest BCUT2D eigenvalue weighted by atomic mass is 16.4. The van der Waals surface area contributed by atoms with Gasteiger partial charge in [0.25, 0.3) is 0 Å². The molecule has 3 rings (SSSR count). The van der Waals surface area contributed by atoms with Crippen molar-refractivity contribution in [3.8, 4) is 11.1 Å². The van der Waals surface area contributed by atoms with Crippen molar-refractivity contribution >= 4 is 6.09 Å². The minimum Gasteiger partial charge on any atom is -0.465 e. The third-order valence-corrected chi connectivity index (χ3v) is 4.85. The highest BCUT2D eigenvalue weighted by molar-refractivity contribution is 5.66. The van der Waals surface area contributed by atoms with E-state index < -0.39 is 6.09 Å². The molecule has 0 bridgehead atoms. The second-order valence-electron chi connectivity index (χ2n) is 7.04. The summed E-state index contributed by atoms with van der Waals surface area (Å²) >= 11 is 0. The molecule has 1 heterocycles. The number of benzene rings is 2. The Bertz CT molecular complexity index is 715. The van der Waals surface area contributed by atoms with Crippen molar-refractivity contribution in [3.05, 3.63) is 60.2 Å². The normalized spacial score (nSPS) is 20.7. The van der Waals surface area contributed by atoms with E-state index in [0.717, 1.165) is 6.42 Å². The maximum absolute atomic E-state index is 11.4. The zero-order chi connectivity index (χ0) is 17.8. The lowest BCUT2D eigenvalue weighted by molar-refractivity contribution is 0.118. The number of rotatable bonds is 4. The summed E-state index contributed by atoms with van der Waals surface area (Å²) < 4.78 is 0. The first-order chi connectivity index (χ1) is 12.0.